The molecule has 0 radical (unpaired) electrons. The Morgan fingerprint density at radius 3 is 2.33 bits per heavy atom. The molecule has 1 saturated heterocycles. The van der Waals surface area contributed by atoms with Crippen LogP contribution in [-0.2, 0) is 50.1 Å². The van der Waals surface area contributed by atoms with Gasteiger partial charge in [-0.15, -0.1) is 0 Å². The first-order valence-corrected chi connectivity index (χ1v) is 15.2. The van der Waals surface area contributed by atoms with Gasteiger partial charge in [0.25, 0.3) is 0 Å². The summed E-state index contributed by atoms with van der Waals surface area (Å²) in [4.78, 5) is 49.0. The number of benzene rings is 1. The first-order valence-electron chi connectivity index (χ1n) is 15.2. The zero-order chi connectivity index (χ0) is 32.3. The van der Waals surface area contributed by atoms with Crippen LogP contribution < -0.4 is 5.32 Å². The van der Waals surface area contributed by atoms with E-state index < -0.39 is 42.4 Å². The van der Waals surface area contributed by atoms with Gasteiger partial charge >= 0.3 is 17.9 Å². The third kappa shape index (κ3) is 7.59. The van der Waals surface area contributed by atoms with Crippen LogP contribution in [-0.4, -0.2) is 74.5 Å². The van der Waals surface area contributed by atoms with Crippen molar-refractivity contribution in [2.24, 2.45) is 0 Å². The van der Waals surface area contributed by atoms with E-state index in [2.05, 4.69) is 65.3 Å². The van der Waals surface area contributed by atoms with E-state index in [1.54, 1.807) is 4.57 Å². The summed E-state index contributed by atoms with van der Waals surface area (Å²) in [5.74, 6) is -1.20. The van der Waals surface area contributed by atoms with Crippen molar-refractivity contribution in [1.29, 1.82) is 0 Å². The topological polar surface area (TPSA) is 153 Å². The molecule has 2 fully saturated rings. The van der Waals surface area contributed by atoms with Gasteiger partial charge in [0.1, 0.15) is 19.0 Å². The summed E-state index contributed by atoms with van der Waals surface area (Å²) in [6.45, 7) is 10.6. The van der Waals surface area contributed by atoms with Crippen LogP contribution >= 0.6 is 0 Å². The van der Waals surface area contributed by atoms with Gasteiger partial charge in [0.15, 0.2) is 35.4 Å². The smallest absolute Gasteiger partial charge is 0.303 e. The van der Waals surface area contributed by atoms with Crippen LogP contribution in [0.3, 0.4) is 0 Å². The van der Waals surface area contributed by atoms with Crippen molar-refractivity contribution in [3.05, 3.63) is 48.0 Å². The minimum atomic E-state index is -1.05. The fourth-order valence-electron chi connectivity index (χ4n) is 5.83. The highest BCUT2D eigenvalue weighted by molar-refractivity contribution is 5.83. The monoisotopic (exact) mass is 623 g/mol. The largest absolute Gasteiger partial charge is 0.463 e. The van der Waals surface area contributed by atoms with E-state index in [0.717, 1.165) is 24.8 Å². The lowest BCUT2D eigenvalue weighted by Crippen LogP contribution is -2.40. The first-order chi connectivity index (χ1) is 21.4. The second-order valence-corrected chi connectivity index (χ2v) is 12.5. The Bertz CT molecular complexity index is 1520. The quantitative estimate of drug-likeness (QED) is 0.257. The minimum Gasteiger partial charge on any atom is -0.463 e. The van der Waals surface area contributed by atoms with Crippen molar-refractivity contribution in [2.75, 3.05) is 11.9 Å². The molecule has 13 nitrogen and oxygen atoms in total. The maximum Gasteiger partial charge on any atom is 0.303 e. The maximum absolute atomic E-state index is 12.1. The molecule has 6 atom stereocenters. The van der Waals surface area contributed by atoms with E-state index in [1.165, 1.54) is 39.0 Å². The zero-order valence-corrected chi connectivity index (χ0v) is 26.5. The van der Waals surface area contributed by atoms with E-state index in [-0.39, 0.29) is 24.2 Å². The lowest BCUT2D eigenvalue weighted by molar-refractivity contribution is -0.166. The summed E-state index contributed by atoms with van der Waals surface area (Å²) < 4.78 is 30.3. The molecule has 3 heterocycles. The van der Waals surface area contributed by atoms with Gasteiger partial charge in [-0.2, -0.15) is 0 Å². The number of imidazole rings is 1. The van der Waals surface area contributed by atoms with Gasteiger partial charge in [-0.25, -0.2) is 15.0 Å². The summed E-state index contributed by atoms with van der Waals surface area (Å²) in [5, 5.41) is 3.52. The summed E-state index contributed by atoms with van der Waals surface area (Å²) in [6, 6.07) is 8.57. The number of nitrogens with zero attached hydrogens (tertiary/aromatic N) is 4. The van der Waals surface area contributed by atoms with Crippen LogP contribution in [0.5, 0.6) is 0 Å². The first kappa shape index (κ1) is 32.3. The molecule has 1 N–H and O–H groups in total. The van der Waals surface area contributed by atoms with Crippen molar-refractivity contribution in [2.45, 2.75) is 110 Å². The van der Waals surface area contributed by atoms with Crippen LogP contribution in [0.4, 0.5) is 5.82 Å². The number of anilines is 1. The normalized spacial score (nSPS) is 24.8. The number of ether oxygens (including phenoxy) is 5. The van der Waals surface area contributed by atoms with E-state index >= 15 is 0 Å². The lowest BCUT2D eigenvalue weighted by atomic mass is 9.87. The fraction of sp³-hybridized carbons (Fsp3) is 0.562. The Balaban J connectivity index is 1.34. The average Bonchev–Trinajstić information content (AvgIpc) is 3.68. The average molecular weight is 624 g/mol. The van der Waals surface area contributed by atoms with Gasteiger partial charge in [0.05, 0.1) is 25.1 Å². The molecule has 0 spiro atoms. The number of hydrogen-bond acceptors (Lipinski definition) is 12. The van der Waals surface area contributed by atoms with Crippen molar-refractivity contribution >= 4 is 34.9 Å². The van der Waals surface area contributed by atoms with Crippen LogP contribution in [0.2, 0.25) is 0 Å². The molecular weight excluding hydrogens is 582 g/mol. The van der Waals surface area contributed by atoms with Gasteiger partial charge in [-0.3, -0.25) is 19.0 Å². The third-order valence-electron chi connectivity index (χ3n) is 8.03. The van der Waals surface area contributed by atoms with Gasteiger partial charge in [0, 0.05) is 20.8 Å². The molecule has 2 aliphatic rings. The molecule has 0 amide bonds. The van der Waals surface area contributed by atoms with Gasteiger partial charge in [-0.1, -0.05) is 45.0 Å². The third-order valence-corrected chi connectivity index (χ3v) is 8.03. The molecule has 1 saturated carbocycles. The molecule has 1 aliphatic heterocycles. The Morgan fingerprint density at radius 2 is 1.67 bits per heavy atom. The molecule has 3 aromatic rings. The molecule has 242 valence electrons. The lowest BCUT2D eigenvalue weighted by Gasteiger charge is -2.24. The number of hydrogen-bond donors (Lipinski definition) is 1. The van der Waals surface area contributed by atoms with Crippen molar-refractivity contribution in [3.8, 4) is 0 Å². The number of rotatable bonds is 10. The molecule has 2 aromatic heterocycles. The predicted octanol–water partition coefficient (Wildman–Crippen LogP) is 4.00. The standard InChI is InChI=1S/C32H41N5O8/c1-18(38)41-15-25-27(43-19(2)39)28(44-20(3)40)31(45-25)37-17-35-26-29(33-16-34-30(26)37)36-23-8-7-9-24(23)42-14-21-10-12-22(13-11-21)32(4,5)6/h10-13,16-17,23-25,27-28,31H,7-9,14-15H2,1-6H3,(H,33,34,36)/t23-,24+,25+,27+,28+,31+/m0/s1. The van der Waals surface area contributed by atoms with Crippen LogP contribution in [0.1, 0.15) is 78.2 Å². The zero-order valence-electron chi connectivity index (χ0n) is 26.5. The van der Waals surface area contributed by atoms with E-state index in [0.29, 0.717) is 23.6 Å². The molecule has 0 unspecified atom stereocenters. The predicted molar refractivity (Wildman–Crippen MR) is 162 cm³/mol. The van der Waals surface area contributed by atoms with Crippen molar-refractivity contribution in [1.82, 2.24) is 19.5 Å². The Kier molecular flexibility index (Phi) is 9.68. The highest BCUT2D eigenvalue weighted by atomic mass is 16.7. The van der Waals surface area contributed by atoms with Crippen molar-refractivity contribution < 1.29 is 38.1 Å². The summed E-state index contributed by atoms with van der Waals surface area (Å²) in [7, 11) is 0. The van der Waals surface area contributed by atoms with Crippen LogP contribution in [0.25, 0.3) is 11.2 Å². The van der Waals surface area contributed by atoms with Gasteiger partial charge in [0.2, 0.25) is 0 Å². The fourth-order valence-corrected chi connectivity index (χ4v) is 5.83. The highest BCUT2D eigenvalue weighted by Gasteiger charge is 2.51. The number of carbonyl (C=O) groups excluding carboxylic acids is 3. The van der Waals surface area contributed by atoms with Crippen LogP contribution in [0, 0.1) is 0 Å². The second kappa shape index (κ2) is 13.5. The Morgan fingerprint density at radius 1 is 0.956 bits per heavy atom. The maximum atomic E-state index is 12.1. The van der Waals surface area contributed by atoms with Gasteiger partial charge < -0.3 is 29.0 Å². The highest BCUT2D eigenvalue weighted by Crippen LogP contribution is 2.37. The number of nitrogens with one attached hydrogen (secondary N) is 1. The van der Waals surface area contributed by atoms with Crippen molar-refractivity contribution in [3.63, 3.8) is 0 Å². The Labute approximate surface area is 262 Å². The molecule has 0 bridgehead atoms. The molecule has 1 aliphatic carbocycles. The molecule has 5 rings (SSSR count). The van der Waals surface area contributed by atoms with E-state index in [9.17, 15) is 14.4 Å². The van der Waals surface area contributed by atoms with E-state index in [4.69, 9.17) is 23.7 Å². The molecule has 45 heavy (non-hydrogen) atoms. The van der Waals surface area contributed by atoms with Gasteiger partial charge in [-0.05, 0) is 35.8 Å². The second-order valence-electron chi connectivity index (χ2n) is 12.5. The number of aromatic nitrogens is 4. The number of carbonyl (C=O) groups is 3. The van der Waals surface area contributed by atoms with E-state index in [1.807, 2.05) is 0 Å². The van der Waals surface area contributed by atoms with Crippen LogP contribution in [0.15, 0.2) is 36.9 Å². The summed E-state index contributed by atoms with van der Waals surface area (Å²) >= 11 is 0. The molecular formula is C32H41N5O8. The summed E-state index contributed by atoms with van der Waals surface area (Å²) in [6.07, 6.45) is 1.78. The SMILES string of the molecule is CC(=O)OC[C@H]1O[C@@H](n2cnc3c(N[C@H]4CCC[C@H]4OCc4ccc(C(C)(C)C)cc4)ncnc32)[C@H](OC(C)=O)[C@@H]1OC(C)=O. The number of esters is 3. The number of fused-ring (bicyclic) bond motifs is 1. The Hall–Kier alpha value is -4.10. The molecule has 1 aromatic carbocycles. The minimum absolute atomic E-state index is 0.0140. The molecule has 13 heteroatoms. The summed E-state index contributed by atoms with van der Waals surface area (Å²) in [5.41, 5.74) is 3.39.